The minimum Gasteiger partial charge on any atom is -0.492 e. The highest BCUT2D eigenvalue weighted by atomic mass is 79.9. The van der Waals surface area contributed by atoms with Crippen LogP contribution in [-0.2, 0) is 0 Å². The van der Waals surface area contributed by atoms with Gasteiger partial charge in [-0.25, -0.2) is 10.2 Å². The molecule has 0 saturated carbocycles. The summed E-state index contributed by atoms with van der Waals surface area (Å²) in [6.07, 6.45) is 2.46. The van der Waals surface area contributed by atoms with Crippen LogP contribution in [-0.4, -0.2) is 18.9 Å². The third-order valence-corrected chi connectivity index (χ3v) is 2.43. The van der Waals surface area contributed by atoms with Crippen LogP contribution in [0.1, 0.15) is 18.9 Å². The number of hydrazone groups is 1. The van der Waals surface area contributed by atoms with Crippen LogP contribution in [0.3, 0.4) is 0 Å². The summed E-state index contributed by atoms with van der Waals surface area (Å²) in [6.45, 7) is 2.72. The normalized spacial score (nSPS) is 10.5. The van der Waals surface area contributed by atoms with Gasteiger partial charge in [0.15, 0.2) is 0 Å². The number of benzene rings is 1. The van der Waals surface area contributed by atoms with E-state index >= 15 is 0 Å². The number of nitrogens with zero attached hydrogens (tertiary/aromatic N) is 1. The molecular formula is C11H14BrN3O2. The van der Waals surface area contributed by atoms with Crippen LogP contribution in [0.25, 0.3) is 0 Å². The van der Waals surface area contributed by atoms with Crippen LogP contribution >= 0.6 is 15.9 Å². The third kappa shape index (κ3) is 4.86. The largest absolute Gasteiger partial charge is 0.492 e. The van der Waals surface area contributed by atoms with Gasteiger partial charge in [0.25, 0.3) is 0 Å². The molecule has 1 aromatic rings. The summed E-state index contributed by atoms with van der Waals surface area (Å²) in [7, 11) is 0. The van der Waals surface area contributed by atoms with Crippen molar-refractivity contribution in [3.8, 4) is 5.75 Å². The number of ether oxygens (including phenoxy) is 1. The highest BCUT2D eigenvalue weighted by molar-refractivity contribution is 9.10. The lowest BCUT2D eigenvalue weighted by atomic mass is 10.2. The van der Waals surface area contributed by atoms with E-state index in [-0.39, 0.29) is 0 Å². The van der Waals surface area contributed by atoms with E-state index in [1.54, 1.807) is 0 Å². The Labute approximate surface area is 108 Å². The van der Waals surface area contributed by atoms with Gasteiger partial charge in [0.05, 0.1) is 17.3 Å². The minimum absolute atomic E-state index is 0.676. The molecule has 3 N–H and O–H groups in total. The van der Waals surface area contributed by atoms with E-state index in [4.69, 9.17) is 10.5 Å². The van der Waals surface area contributed by atoms with Crippen molar-refractivity contribution in [2.75, 3.05) is 6.61 Å². The third-order valence-electron chi connectivity index (χ3n) is 1.81. The van der Waals surface area contributed by atoms with Crippen LogP contribution in [0.5, 0.6) is 5.75 Å². The maximum atomic E-state index is 10.4. The van der Waals surface area contributed by atoms with Gasteiger partial charge >= 0.3 is 6.03 Å². The molecule has 0 atom stereocenters. The minimum atomic E-state index is -0.691. The molecule has 5 nitrogen and oxygen atoms in total. The molecule has 0 unspecified atom stereocenters. The predicted octanol–water partition coefficient (Wildman–Crippen LogP) is 2.24. The molecule has 0 saturated heterocycles. The SMILES string of the molecule is CCCOc1ccc(C=NNC(N)=O)cc1Br. The van der Waals surface area contributed by atoms with E-state index in [1.807, 2.05) is 25.1 Å². The van der Waals surface area contributed by atoms with Gasteiger partial charge in [0.1, 0.15) is 5.75 Å². The number of halogens is 1. The van der Waals surface area contributed by atoms with Crippen LogP contribution in [0.15, 0.2) is 27.8 Å². The number of hydrogen-bond donors (Lipinski definition) is 2. The molecule has 92 valence electrons. The highest BCUT2D eigenvalue weighted by Gasteiger charge is 2.01. The number of amides is 2. The summed E-state index contributed by atoms with van der Waals surface area (Å²) < 4.78 is 6.34. The van der Waals surface area contributed by atoms with Gasteiger partial charge in [-0.1, -0.05) is 6.92 Å². The molecule has 0 aliphatic rings. The van der Waals surface area contributed by atoms with Crippen molar-refractivity contribution in [1.82, 2.24) is 5.43 Å². The molecule has 0 bridgehead atoms. The maximum Gasteiger partial charge on any atom is 0.332 e. The second-order valence-corrected chi connectivity index (χ2v) is 4.13. The first-order chi connectivity index (χ1) is 8.13. The van der Waals surface area contributed by atoms with E-state index < -0.39 is 6.03 Å². The molecular weight excluding hydrogens is 286 g/mol. The quantitative estimate of drug-likeness (QED) is 0.646. The molecule has 0 spiro atoms. The molecule has 2 amide bonds. The van der Waals surface area contributed by atoms with Gasteiger partial charge in [-0.3, -0.25) is 0 Å². The van der Waals surface area contributed by atoms with Gasteiger partial charge in [-0.15, -0.1) is 0 Å². The van der Waals surface area contributed by atoms with Crippen molar-refractivity contribution < 1.29 is 9.53 Å². The smallest absolute Gasteiger partial charge is 0.332 e. The van der Waals surface area contributed by atoms with Crippen molar-refractivity contribution >= 4 is 28.2 Å². The Kier molecular flexibility index (Phi) is 5.48. The van der Waals surface area contributed by atoms with E-state index in [0.717, 1.165) is 22.2 Å². The average Bonchev–Trinajstić information content (AvgIpc) is 2.27. The number of nitrogens with two attached hydrogens (primary N) is 1. The van der Waals surface area contributed by atoms with Crippen molar-refractivity contribution in [1.29, 1.82) is 0 Å². The average molecular weight is 300 g/mol. The fraction of sp³-hybridized carbons (Fsp3) is 0.273. The van der Waals surface area contributed by atoms with Gasteiger partial charge in [0.2, 0.25) is 0 Å². The summed E-state index contributed by atoms with van der Waals surface area (Å²) in [5.74, 6) is 0.784. The maximum absolute atomic E-state index is 10.4. The molecule has 6 heteroatoms. The van der Waals surface area contributed by atoms with Crippen LogP contribution < -0.4 is 15.9 Å². The monoisotopic (exact) mass is 299 g/mol. The first kappa shape index (κ1) is 13.5. The summed E-state index contributed by atoms with van der Waals surface area (Å²) in [6, 6.07) is 4.83. The Morgan fingerprint density at radius 2 is 2.41 bits per heavy atom. The zero-order valence-corrected chi connectivity index (χ0v) is 11.0. The fourth-order valence-corrected chi connectivity index (χ4v) is 1.61. The lowest BCUT2D eigenvalue weighted by molar-refractivity contribution is 0.249. The van der Waals surface area contributed by atoms with Crippen molar-refractivity contribution in [2.45, 2.75) is 13.3 Å². The summed E-state index contributed by atoms with van der Waals surface area (Å²) in [4.78, 5) is 10.4. The zero-order valence-electron chi connectivity index (χ0n) is 9.44. The van der Waals surface area contributed by atoms with E-state index in [1.165, 1.54) is 6.21 Å². The molecule has 0 aliphatic carbocycles. The van der Waals surface area contributed by atoms with Crippen molar-refractivity contribution in [2.24, 2.45) is 10.8 Å². The number of rotatable bonds is 5. The molecule has 0 aliphatic heterocycles. The first-order valence-electron chi connectivity index (χ1n) is 5.14. The topological polar surface area (TPSA) is 76.7 Å². The lowest BCUT2D eigenvalue weighted by Gasteiger charge is -2.07. The van der Waals surface area contributed by atoms with Crippen molar-refractivity contribution in [3.63, 3.8) is 0 Å². The van der Waals surface area contributed by atoms with Crippen LogP contribution in [0.4, 0.5) is 4.79 Å². The molecule has 1 aromatic carbocycles. The molecule has 0 heterocycles. The Hall–Kier alpha value is -1.56. The number of carbonyl (C=O) groups is 1. The Bertz CT molecular complexity index is 421. The summed E-state index contributed by atoms with van der Waals surface area (Å²) in [5, 5.41) is 3.66. The van der Waals surface area contributed by atoms with Gasteiger partial charge < -0.3 is 10.5 Å². The van der Waals surface area contributed by atoms with Crippen LogP contribution in [0.2, 0.25) is 0 Å². The predicted molar refractivity (Wildman–Crippen MR) is 70.2 cm³/mol. The summed E-state index contributed by atoms with van der Waals surface area (Å²) >= 11 is 3.40. The standard InChI is InChI=1S/C11H14BrN3O2/c1-2-5-17-10-4-3-8(6-9(10)12)7-14-15-11(13)16/h3-4,6-7H,2,5H2,1H3,(H3,13,15,16). The Balaban J connectivity index is 2.68. The fourth-order valence-electron chi connectivity index (χ4n) is 1.10. The Morgan fingerprint density at radius 3 is 3.00 bits per heavy atom. The number of urea groups is 1. The Morgan fingerprint density at radius 1 is 1.65 bits per heavy atom. The number of hydrogen-bond acceptors (Lipinski definition) is 3. The zero-order chi connectivity index (χ0) is 12.7. The molecule has 0 fully saturated rings. The second kappa shape index (κ2) is 6.90. The lowest BCUT2D eigenvalue weighted by Crippen LogP contribution is -2.24. The van der Waals surface area contributed by atoms with E-state index in [9.17, 15) is 4.79 Å². The molecule has 1 rings (SSSR count). The second-order valence-electron chi connectivity index (χ2n) is 3.27. The summed E-state index contributed by atoms with van der Waals surface area (Å²) in [5.41, 5.74) is 7.82. The van der Waals surface area contributed by atoms with Crippen molar-refractivity contribution in [3.05, 3.63) is 28.2 Å². The highest BCUT2D eigenvalue weighted by Crippen LogP contribution is 2.25. The number of carbonyl (C=O) groups excluding carboxylic acids is 1. The number of nitrogens with one attached hydrogen (secondary N) is 1. The first-order valence-corrected chi connectivity index (χ1v) is 5.93. The molecule has 0 radical (unpaired) electrons. The van der Waals surface area contributed by atoms with Gasteiger partial charge in [0, 0.05) is 0 Å². The van der Waals surface area contributed by atoms with Gasteiger partial charge in [-0.05, 0) is 46.1 Å². The number of primary amides is 1. The van der Waals surface area contributed by atoms with E-state index in [0.29, 0.717) is 6.61 Å². The molecule has 17 heavy (non-hydrogen) atoms. The van der Waals surface area contributed by atoms with E-state index in [2.05, 4.69) is 26.5 Å². The van der Waals surface area contributed by atoms with Crippen LogP contribution in [0, 0.1) is 0 Å². The van der Waals surface area contributed by atoms with Gasteiger partial charge in [-0.2, -0.15) is 5.10 Å². The molecule has 0 aromatic heterocycles.